The van der Waals surface area contributed by atoms with Crippen LogP contribution in [0, 0.1) is 6.92 Å². The highest BCUT2D eigenvalue weighted by Crippen LogP contribution is 2.14. The number of nitrogens with zero attached hydrogens (tertiary/aromatic N) is 2. The van der Waals surface area contributed by atoms with Crippen LogP contribution in [0.5, 0.6) is 0 Å². The van der Waals surface area contributed by atoms with Crippen molar-refractivity contribution in [3.8, 4) is 0 Å². The standard InChI is InChI=1S/C11H16N2/c1-10-8-12-5-4-11(10)9-13-6-2-3-7-13/h4-5,8H,2-3,6-7,9H2,1H3. The second kappa shape index (κ2) is 3.88. The fourth-order valence-electron chi connectivity index (χ4n) is 1.86. The first kappa shape index (κ1) is 8.70. The third-order valence-corrected chi connectivity index (χ3v) is 2.73. The van der Waals surface area contributed by atoms with Gasteiger partial charge in [-0.3, -0.25) is 9.88 Å². The summed E-state index contributed by atoms with van der Waals surface area (Å²) >= 11 is 0. The summed E-state index contributed by atoms with van der Waals surface area (Å²) in [6, 6.07) is 2.13. The summed E-state index contributed by atoms with van der Waals surface area (Å²) in [5.41, 5.74) is 2.74. The predicted octanol–water partition coefficient (Wildman–Crippen LogP) is 1.99. The maximum absolute atomic E-state index is 4.10. The van der Waals surface area contributed by atoms with Gasteiger partial charge in [-0.25, -0.2) is 0 Å². The zero-order chi connectivity index (χ0) is 9.10. The summed E-state index contributed by atoms with van der Waals surface area (Å²) in [6.45, 7) is 5.77. The number of aryl methyl sites for hydroxylation is 1. The normalized spacial score (nSPS) is 17.9. The van der Waals surface area contributed by atoms with Crippen molar-refractivity contribution in [2.24, 2.45) is 0 Å². The third-order valence-electron chi connectivity index (χ3n) is 2.73. The zero-order valence-electron chi connectivity index (χ0n) is 8.16. The Morgan fingerprint density at radius 2 is 2.15 bits per heavy atom. The van der Waals surface area contributed by atoms with Gasteiger partial charge >= 0.3 is 0 Å². The van der Waals surface area contributed by atoms with E-state index in [1.165, 1.54) is 37.1 Å². The Morgan fingerprint density at radius 1 is 1.38 bits per heavy atom. The van der Waals surface area contributed by atoms with Gasteiger partial charge in [-0.2, -0.15) is 0 Å². The van der Waals surface area contributed by atoms with Crippen molar-refractivity contribution >= 4 is 0 Å². The Bertz CT molecular complexity index is 277. The molecule has 0 radical (unpaired) electrons. The molecule has 13 heavy (non-hydrogen) atoms. The Balaban J connectivity index is 2.04. The summed E-state index contributed by atoms with van der Waals surface area (Å²) < 4.78 is 0. The fourth-order valence-corrected chi connectivity index (χ4v) is 1.86. The molecular formula is C11H16N2. The zero-order valence-corrected chi connectivity index (χ0v) is 8.16. The van der Waals surface area contributed by atoms with Crippen molar-refractivity contribution in [1.82, 2.24) is 9.88 Å². The second-order valence-corrected chi connectivity index (χ2v) is 3.79. The van der Waals surface area contributed by atoms with Crippen molar-refractivity contribution in [2.45, 2.75) is 26.3 Å². The lowest BCUT2D eigenvalue weighted by Gasteiger charge is -2.15. The van der Waals surface area contributed by atoms with E-state index >= 15 is 0 Å². The Morgan fingerprint density at radius 3 is 2.85 bits per heavy atom. The molecule has 0 aromatic carbocycles. The molecule has 0 saturated carbocycles. The summed E-state index contributed by atoms with van der Waals surface area (Å²) in [5.74, 6) is 0. The molecule has 0 spiro atoms. The average molecular weight is 176 g/mol. The molecule has 1 fully saturated rings. The first-order chi connectivity index (χ1) is 6.36. The van der Waals surface area contributed by atoms with E-state index < -0.39 is 0 Å². The van der Waals surface area contributed by atoms with Crippen LogP contribution in [-0.2, 0) is 6.54 Å². The lowest BCUT2D eigenvalue weighted by atomic mass is 10.1. The molecule has 1 aromatic heterocycles. The van der Waals surface area contributed by atoms with E-state index in [2.05, 4.69) is 22.9 Å². The van der Waals surface area contributed by atoms with E-state index in [4.69, 9.17) is 0 Å². The number of likely N-dealkylation sites (tertiary alicyclic amines) is 1. The van der Waals surface area contributed by atoms with Crippen LogP contribution in [0.3, 0.4) is 0 Å². The minimum atomic E-state index is 1.11. The highest BCUT2D eigenvalue weighted by atomic mass is 15.1. The SMILES string of the molecule is Cc1cnccc1CN1CCCC1. The Kier molecular flexibility index (Phi) is 2.60. The molecule has 1 aliphatic rings. The van der Waals surface area contributed by atoms with Gasteiger partial charge in [0.05, 0.1) is 0 Å². The number of pyridine rings is 1. The van der Waals surface area contributed by atoms with Crippen LogP contribution in [0.4, 0.5) is 0 Å². The monoisotopic (exact) mass is 176 g/mol. The molecule has 70 valence electrons. The first-order valence-electron chi connectivity index (χ1n) is 4.98. The lowest BCUT2D eigenvalue weighted by molar-refractivity contribution is 0.330. The Hall–Kier alpha value is -0.890. The molecule has 1 aromatic rings. The van der Waals surface area contributed by atoms with Gasteiger partial charge in [-0.1, -0.05) is 0 Å². The third kappa shape index (κ3) is 2.07. The van der Waals surface area contributed by atoms with Crippen molar-refractivity contribution in [3.63, 3.8) is 0 Å². The van der Waals surface area contributed by atoms with Crippen LogP contribution in [0.25, 0.3) is 0 Å². The molecular weight excluding hydrogens is 160 g/mol. The van der Waals surface area contributed by atoms with Crippen molar-refractivity contribution in [2.75, 3.05) is 13.1 Å². The molecule has 2 rings (SSSR count). The quantitative estimate of drug-likeness (QED) is 0.685. The summed E-state index contributed by atoms with van der Waals surface area (Å²) in [7, 11) is 0. The number of hydrogen-bond donors (Lipinski definition) is 0. The van der Waals surface area contributed by atoms with E-state index in [0.717, 1.165) is 6.54 Å². The van der Waals surface area contributed by atoms with Gasteiger partial charge in [-0.15, -0.1) is 0 Å². The number of rotatable bonds is 2. The highest BCUT2D eigenvalue weighted by molar-refractivity contribution is 5.21. The number of hydrogen-bond acceptors (Lipinski definition) is 2. The van der Waals surface area contributed by atoms with E-state index in [0.29, 0.717) is 0 Å². The van der Waals surface area contributed by atoms with Gasteiger partial charge in [0.25, 0.3) is 0 Å². The molecule has 0 N–H and O–H groups in total. The second-order valence-electron chi connectivity index (χ2n) is 3.79. The van der Waals surface area contributed by atoms with Crippen LogP contribution in [0.2, 0.25) is 0 Å². The van der Waals surface area contributed by atoms with Crippen molar-refractivity contribution in [3.05, 3.63) is 29.6 Å². The smallest absolute Gasteiger partial charge is 0.0300 e. The molecule has 0 atom stereocenters. The molecule has 0 aliphatic carbocycles. The molecule has 0 amide bonds. The maximum atomic E-state index is 4.10. The minimum Gasteiger partial charge on any atom is -0.299 e. The summed E-state index contributed by atoms with van der Waals surface area (Å²) in [5, 5.41) is 0. The summed E-state index contributed by atoms with van der Waals surface area (Å²) in [6.07, 6.45) is 6.57. The highest BCUT2D eigenvalue weighted by Gasteiger charge is 2.12. The van der Waals surface area contributed by atoms with E-state index in [9.17, 15) is 0 Å². The van der Waals surface area contributed by atoms with Gasteiger partial charge in [0.1, 0.15) is 0 Å². The van der Waals surface area contributed by atoms with Crippen LogP contribution in [0.1, 0.15) is 24.0 Å². The van der Waals surface area contributed by atoms with Crippen LogP contribution < -0.4 is 0 Å². The lowest BCUT2D eigenvalue weighted by Crippen LogP contribution is -2.18. The Labute approximate surface area is 79.6 Å². The van der Waals surface area contributed by atoms with E-state index in [1.54, 1.807) is 0 Å². The molecule has 2 heterocycles. The van der Waals surface area contributed by atoms with E-state index in [1.807, 2.05) is 12.4 Å². The number of aromatic nitrogens is 1. The molecule has 0 unspecified atom stereocenters. The molecule has 1 saturated heterocycles. The average Bonchev–Trinajstić information content (AvgIpc) is 2.61. The molecule has 1 aliphatic heterocycles. The summed E-state index contributed by atoms with van der Waals surface area (Å²) in [4.78, 5) is 6.62. The van der Waals surface area contributed by atoms with Crippen molar-refractivity contribution < 1.29 is 0 Å². The van der Waals surface area contributed by atoms with Crippen LogP contribution >= 0.6 is 0 Å². The topological polar surface area (TPSA) is 16.1 Å². The minimum absolute atomic E-state index is 1.11. The largest absolute Gasteiger partial charge is 0.299 e. The molecule has 2 nitrogen and oxygen atoms in total. The van der Waals surface area contributed by atoms with Gasteiger partial charge in [0, 0.05) is 18.9 Å². The first-order valence-corrected chi connectivity index (χ1v) is 4.98. The molecule has 0 bridgehead atoms. The van der Waals surface area contributed by atoms with Crippen LogP contribution in [0.15, 0.2) is 18.5 Å². The van der Waals surface area contributed by atoms with Gasteiger partial charge < -0.3 is 0 Å². The van der Waals surface area contributed by atoms with Crippen molar-refractivity contribution in [1.29, 1.82) is 0 Å². The fraction of sp³-hybridized carbons (Fsp3) is 0.545. The maximum Gasteiger partial charge on any atom is 0.0300 e. The predicted molar refractivity (Wildman–Crippen MR) is 53.5 cm³/mol. The van der Waals surface area contributed by atoms with E-state index in [-0.39, 0.29) is 0 Å². The molecule has 2 heteroatoms. The van der Waals surface area contributed by atoms with Crippen LogP contribution in [-0.4, -0.2) is 23.0 Å². The van der Waals surface area contributed by atoms with Gasteiger partial charge in [-0.05, 0) is 50.0 Å². The van der Waals surface area contributed by atoms with Gasteiger partial charge in [0.2, 0.25) is 0 Å². The van der Waals surface area contributed by atoms with Gasteiger partial charge in [0.15, 0.2) is 0 Å².